The summed E-state index contributed by atoms with van der Waals surface area (Å²) in [6.07, 6.45) is 3.38. The van der Waals surface area contributed by atoms with E-state index in [9.17, 15) is 38.4 Å². The number of aldehydes is 1. The highest BCUT2D eigenvalue weighted by molar-refractivity contribution is 6.15. The Bertz CT molecular complexity index is 1570. The molecule has 2 aromatic rings. The van der Waals surface area contributed by atoms with E-state index in [0.29, 0.717) is 35.5 Å². The fourth-order valence-electron chi connectivity index (χ4n) is 4.18. The summed E-state index contributed by atoms with van der Waals surface area (Å²) in [7, 11) is 0. The van der Waals surface area contributed by atoms with Crippen molar-refractivity contribution in [3.05, 3.63) is 60.7 Å². The zero-order valence-electron chi connectivity index (χ0n) is 25.6. The van der Waals surface area contributed by atoms with Crippen molar-refractivity contribution in [1.29, 1.82) is 0 Å². The summed E-state index contributed by atoms with van der Waals surface area (Å²) in [5.41, 5.74) is 7.26. The van der Waals surface area contributed by atoms with Crippen LogP contribution in [0.2, 0.25) is 0 Å². The first-order valence-electron chi connectivity index (χ1n) is 14.7. The van der Waals surface area contributed by atoms with E-state index in [0.717, 1.165) is 17.1 Å². The number of anilines is 2. The Balaban J connectivity index is 1.32. The van der Waals surface area contributed by atoms with Crippen LogP contribution in [0.15, 0.2) is 70.9 Å². The molecule has 0 bridgehead atoms. The van der Waals surface area contributed by atoms with Gasteiger partial charge in [0, 0.05) is 35.9 Å². The maximum absolute atomic E-state index is 12.2. The monoisotopic (exact) mass is 662 g/mol. The normalized spacial score (nSPS) is 13.6. The van der Waals surface area contributed by atoms with Crippen LogP contribution in [0, 0.1) is 5.92 Å². The average Bonchev–Trinajstić information content (AvgIpc) is 3.38. The number of nitrogens with zero attached hydrogens (tertiary/aromatic N) is 3. The lowest BCUT2D eigenvalue weighted by Gasteiger charge is -2.13. The third kappa shape index (κ3) is 12.4. The molecule has 0 spiro atoms. The maximum Gasteiger partial charge on any atom is 0.320 e. The van der Waals surface area contributed by atoms with Gasteiger partial charge in [-0.1, -0.05) is 0 Å². The predicted molar refractivity (Wildman–Crippen MR) is 170 cm³/mol. The van der Waals surface area contributed by atoms with Crippen LogP contribution in [0.1, 0.15) is 25.7 Å². The molecule has 0 aliphatic carbocycles. The molecule has 6 amide bonds. The number of imide groups is 1. The SMILES string of the molecule is N[C@@H](C[C@H](C=O)CCCC(=O)NCC(=O)NCC(=O)Nc1ccc(/N=N/c2ccc(NC(=O)CN3C(=O)C=CC3=O)cc2)cc1)C(=O)O. The number of amides is 6. The van der Waals surface area contributed by atoms with Gasteiger partial charge in [0.05, 0.1) is 24.5 Å². The van der Waals surface area contributed by atoms with Gasteiger partial charge < -0.3 is 36.9 Å². The van der Waals surface area contributed by atoms with Gasteiger partial charge in [0.25, 0.3) is 11.8 Å². The number of hydrogen-bond acceptors (Lipinski definition) is 11. The van der Waals surface area contributed by atoms with E-state index in [1.807, 2.05) is 0 Å². The van der Waals surface area contributed by atoms with E-state index in [2.05, 4.69) is 31.5 Å². The van der Waals surface area contributed by atoms with E-state index < -0.39 is 59.9 Å². The Hall–Kier alpha value is -6.10. The number of benzene rings is 2. The highest BCUT2D eigenvalue weighted by Gasteiger charge is 2.25. The molecule has 0 unspecified atom stereocenters. The first-order chi connectivity index (χ1) is 22.9. The number of azo groups is 1. The van der Waals surface area contributed by atoms with Gasteiger partial charge in [-0.05, 0) is 67.8 Å². The number of rotatable bonds is 18. The Labute approximate surface area is 274 Å². The number of nitrogens with one attached hydrogen (secondary N) is 4. The van der Waals surface area contributed by atoms with Crippen LogP contribution < -0.4 is 27.0 Å². The number of carbonyl (C=O) groups excluding carboxylic acids is 7. The summed E-state index contributed by atoms with van der Waals surface area (Å²) in [6.45, 7) is -1.10. The molecule has 2 aromatic carbocycles. The number of carboxylic acid groups (broad SMARTS) is 1. The number of aliphatic carboxylic acids is 1. The first-order valence-corrected chi connectivity index (χ1v) is 14.7. The van der Waals surface area contributed by atoms with E-state index in [-0.39, 0.29) is 32.4 Å². The first kappa shape index (κ1) is 36.4. The zero-order valence-corrected chi connectivity index (χ0v) is 25.6. The summed E-state index contributed by atoms with van der Waals surface area (Å²) in [5, 5.41) is 27.1. The van der Waals surface area contributed by atoms with Gasteiger partial charge in [0.2, 0.25) is 23.6 Å². The summed E-state index contributed by atoms with van der Waals surface area (Å²) in [6, 6.07) is 11.6. The molecule has 2 atom stereocenters. The summed E-state index contributed by atoms with van der Waals surface area (Å²) in [5.74, 6) is -4.97. The van der Waals surface area contributed by atoms with Crippen molar-refractivity contribution in [3.63, 3.8) is 0 Å². The van der Waals surface area contributed by atoms with Crippen LogP contribution in [0.3, 0.4) is 0 Å². The minimum Gasteiger partial charge on any atom is -0.480 e. The van der Waals surface area contributed by atoms with Crippen LogP contribution in [0.5, 0.6) is 0 Å². The number of carboxylic acids is 1. The van der Waals surface area contributed by atoms with Crippen LogP contribution in [0.4, 0.5) is 22.7 Å². The van der Waals surface area contributed by atoms with Gasteiger partial charge in [-0.15, -0.1) is 0 Å². The van der Waals surface area contributed by atoms with Crippen molar-refractivity contribution >= 4 is 70.4 Å². The van der Waals surface area contributed by atoms with Crippen molar-refractivity contribution in [2.45, 2.75) is 31.7 Å². The summed E-state index contributed by atoms with van der Waals surface area (Å²) < 4.78 is 0. The fourth-order valence-corrected chi connectivity index (χ4v) is 4.18. The Morgan fingerprint density at radius 3 is 1.79 bits per heavy atom. The average molecular weight is 663 g/mol. The molecule has 1 aliphatic rings. The van der Waals surface area contributed by atoms with Gasteiger partial charge in [0.15, 0.2) is 0 Å². The van der Waals surface area contributed by atoms with Crippen molar-refractivity contribution in [1.82, 2.24) is 15.5 Å². The second-order valence-electron chi connectivity index (χ2n) is 10.5. The molecule has 0 saturated heterocycles. The second kappa shape index (κ2) is 18.1. The lowest BCUT2D eigenvalue weighted by molar-refractivity contribution is -0.140. The molecule has 1 heterocycles. The molecule has 1 aliphatic heterocycles. The third-order valence-corrected chi connectivity index (χ3v) is 6.72. The Kier molecular flexibility index (Phi) is 13.8. The van der Waals surface area contributed by atoms with Gasteiger partial charge >= 0.3 is 5.97 Å². The van der Waals surface area contributed by atoms with Crippen molar-refractivity contribution in [2.75, 3.05) is 30.3 Å². The minimum absolute atomic E-state index is 0.0228. The second-order valence-corrected chi connectivity index (χ2v) is 10.5. The van der Waals surface area contributed by atoms with Crippen LogP contribution in [-0.2, 0) is 38.4 Å². The highest BCUT2D eigenvalue weighted by atomic mass is 16.4. The highest BCUT2D eigenvalue weighted by Crippen LogP contribution is 2.22. The number of hydrogen-bond donors (Lipinski definition) is 6. The van der Waals surface area contributed by atoms with Gasteiger partial charge in [-0.3, -0.25) is 38.5 Å². The Morgan fingerprint density at radius 1 is 0.771 bits per heavy atom. The van der Waals surface area contributed by atoms with Crippen LogP contribution in [0.25, 0.3) is 0 Å². The third-order valence-electron chi connectivity index (χ3n) is 6.72. The molecule has 0 saturated carbocycles. The molecule has 252 valence electrons. The molecule has 17 heteroatoms. The largest absolute Gasteiger partial charge is 0.480 e. The fraction of sp³-hybridized carbons (Fsp3) is 0.290. The molecular weight excluding hydrogens is 628 g/mol. The molecule has 0 aromatic heterocycles. The molecular formula is C31H34N8O9. The summed E-state index contributed by atoms with van der Waals surface area (Å²) >= 11 is 0. The maximum atomic E-state index is 12.2. The van der Waals surface area contributed by atoms with Crippen LogP contribution in [-0.4, -0.2) is 83.4 Å². The minimum atomic E-state index is -1.21. The predicted octanol–water partition coefficient (Wildman–Crippen LogP) is 0.924. The smallest absolute Gasteiger partial charge is 0.320 e. The number of nitrogens with two attached hydrogens (primary N) is 1. The van der Waals surface area contributed by atoms with Crippen LogP contribution >= 0.6 is 0 Å². The van der Waals surface area contributed by atoms with E-state index in [1.54, 1.807) is 48.5 Å². The zero-order chi connectivity index (χ0) is 35.1. The van der Waals surface area contributed by atoms with E-state index >= 15 is 0 Å². The quantitative estimate of drug-likeness (QED) is 0.0747. The lowest BCUT2D eigenvalue weighted by atomic mass is 9.96. The summed E-state index contributed by atoms with van der Waals surface area (Å²) in [4.78, 5) is 94.3. The molecule has 48 heavy (non-hydrogen) atoms. The number of carbonyl (C=O) groups is 8. The standard InChI is InChI=1S/C31H34N8O9/c32-24(31(47)48)14-19(18-40)2-1-3-25(41)33-15-26(42)34-16-27(43)35-20-4-8-22(9-5-20)37-38-23-10-6-21(7-11-23)36-28(44)17-39-29(45)12-13-30(39)46/h4-13,18-19,24H,1-3,14-17,32H2,(H,33,41)(H,34,42)(H,35,43)(H,36,44)(H,47,48)/b38-37+/t19-,24+/m1/s1. The molecule has 0 fully saturated rings. The van der Waals surface area contributed by atoms with E-state index in [4.69, 9.17) is 10.8 Å². The van der Waals surface area contributed by atoms with Crippen molar-refractivity contribution < 1.29 is 43.5 Å². The van der Waals surface area contributed by atoms with Crippen molar-refractivity contribution in [2.24, 2.45) is 21.9 Å². The van der Waals surface area contributed by atoms with Gasteiger partial charge in [-0.25, -0.2) is 0 Å². The van der Waals surface area contributed by atoms with Gasteiger partial charge in [-0.2, -0.15) is 10.2 Å². The van der Waals surface area contributed by atoms with Crippen molar-refractivity contribution in [3.8, 4) is 0 Å². The van der Waals surface area contributed by atoms with Gasteiger partial charge in [0.1, 0.15) is 18.9 Å². The molecule has 3 rings (SSSR count). The topological polar surface area (TPSA) is 259 Å². The Morgan fingerprint density at radius 2 is 1.27 bits per heavy atom. The van der Waals surface area contributed by atoms with E-state index in [1.165, 1.54) is 0 Å². The lowest BCUT2D eigenvalue weighted by Crippen LogP contribution is -2.40. The molecule has 17 nitrogen and oxygen atoms in total. The molecule has 7 N–H and O–H groups in total. The molecule has 0 radical (unpaired) electrons.